The van der Waals surface area contributed by atoms with Gasteiger partial charge in [-0.2, -0.15) is 5.26 Å². The van der Waals surface area contributed by atoms with Crippen molar-refractivity contribution < 1.29 is 9.18 Å². The number of anilines is 1. The Morgan fingerprint density at radius 1 is 1.24 bits per heavy atom. The van der Waals surface area contributed by atoms with Crippen molar-refractivity contribution >= 4 is 32.6 Å². The van der Waals surface area contributed by atoms with Gasteiger partial charge >= 0.3 is 0 Å². The molecule has 1 heterocycles. The molecule has 0 aliphatic heterocycles. The highest BCUT2D eigenvalue weighted by molar-refractivity contribution is 7.22. The van der Waals surface area contributed by atoms with Gasteiger partial charge in [-0.3, -0.25) is 10.1 Å². The lowest BCUT2D eigenvalue weighted by Gasteiger charge is -2.01. The van der Waals surface area contributed by atoms with Crippen LogP contribution in [0, 0.1) is 17.1 Å². The van der Waals surface area contributed by atoms with Crippen molar-refractivity contribution in [2.45, 2.75) is 0 Å². The Balaban J connectivity index is 1.83. The monoisotopic (exact) mass is 297 g/mol. The molecule has 4 nitrogen and oxygen atoms in total. The zero-order valence-electron chi connectivity index (χ0n) is 10.6. The van der Waals surface area contributed by atoms with Gasteiger partial charge in [0.15, 0.2) is 5.13 Å². The fraction of sp³-hybridized carbons (Fsp3) is 0. The van der Waals surface area contributed by atoms with Crippen LogP contribution in [0.1, 0.15) is 15.9 Å². The maximum absolute atomic E-state index is 13.1. The van der Waals surface area contributed by atoms with Crippen LogP contribution in [0.15, 0.2) is 42.5 Å². The molecule has 1 N–H and O–H groups in total. The molecule has 0 aliphatic carbocycles. The summed E-state index contributed by atoms with van der Waals surface area (Å²) in [5, 5.41) is 11.8. The van der Waals surface area contributed by atoms with E-state index in [1.54, 1.807) is 30.3 Å². The molecule has 0 atom stereocenters. The van der Waals surface area contributed by atoms with E-state index in [1.165, 1.54) is 23.5 Å². The van der Waals surface area contributed by atoms with Crippen LogP contribution in [0.2, 0.25) is 0 Å². The van der Waals surface area contributed by atoms with Gasteiger partial charge in [-0.15, -0.1) is 0 Å². The summed E-state index contributed by atoms with van der Waals surface area (Å²) < 4.78 is 13.8. The van der Waals surface area contributed by atoms with Gasteiger partial charge in [-0.25, -0.2) is 9.37 Å². The van der Waals surface area contributed by atoms with Crippen LogP contribution < -0.4 is 5.32 Å². The quantitative estimate of drug-likeness (QED) is 0.786. The van der Waals surface area contributed by atoms with Crippen LogP contribution in [0.25, 0.3) is 10.2 Å². The molecule has 0 saturated heterocycles. The highest BCUT2D eigenvalue weighted by atomic mass is 32.1. The average Bonchev–Trinajstić information content (AvgIpc) is 2.88. The molecule has 1 amide bonds. The molecular weight excluding hydrogens is 289 g/mol. The number of hydrogen-bond donors (Lipinski definition) is 1. The van der Waals surface area contributed by atoms with Crippen LogP contribution in [-0.2, 0) is 0 Å². The topological polar surface area (TPSA) is 65.8 Å². The van der Waals surface area contributed by atoms with Crippen molar-refractivity contribution in [1.29, 1.82) is 5.26 Å². The van der Waals surface area contributed by atoms with Crippen molar-refractivity contribution in [1.82, 2.24) is 4.98 Å². The molecule has 0 fully saturated rings. The third kappa shape index (κ3) is 2.73. The van der Waals surface area contributed by atoms with E-state index in [9.17, 15) is 9.18 Å². The van der Waals surface area contributed by atoms with Crippen LogP contribution in [-0.4, -0.2) is 10.9 Å². The Bertz CT molecular complexity index is 865. The number of amides is 1. The fourth-order valence-electron chi connectivity index (χ4n) is 1.82. The van der Waals surface area contributed by atoms with E-state index in [4.69, 9.17) is 5.26 Å². The number of nitriles is 1. The Morgan fingerprint density at radius 2 is 2.00 bits per heavy atom. The van der Waals surface area contributed by atoms with Gasteiger partial charge in [0.05, 0.1) is 21.8 Å². The van der Waals surface area contributed by atoms with Gasteiger partial charge in [0.2, 0.25) is 0 Å². The highest BCUT2D eigenvalue weighted by Gasteiger charge is 2.10. The molecule has 1 aromatic heterocycles. The van der Waals surface area contributed by atoms with Crippen molar-refractivity contribution in [3.8, 4) is 6.07 Å². The SMILES string of the molecule is N#Cc1ccc(C(=O)Nc2nc3ccc(F)cc3s2)cc1. The van der Waals surface area contributed by atoms with Crippen molar-refractivity contribution in [3.63, 3.8) is 0 Å². The maximum Gasteiger partial charge on any atom is 0.257 e. The lowest BCUT2D eigenvalue weighted by molar-refractivity contribution is 0.102. The number of fused-ring (bicyclic) bond motifs is 1. The largest absolute Gasteiger partial charge is 0.298 e. The summed E-state index contributed by atoms with van der Waals surface area (Å²) in [6.45, 7) is 0. The molecular formula is C15H8FN3OS. The predicted octanol–water partition coefficient (Wildman–Crippen LogP) is 3.56. The van der Waals surface area contributed by atoms with Gasteiger partial charge in [-0.05, 0) is 42.5 Å². The number of carbonyl (C=O) groups excluding carboxylic acids is 1. The zero-order chi connectivity index (χ0) is 14.8. The smallest absolute Gasteiger partial charge is 0.257 e. The number of aromatic nitrogens is 1. The summed E-state index contributed by atoms with van der Waals surface area (Å²) in [6, 6.07) is 12.5. The predicted molar refractivity (Wildman–Crippen MR) is 78.7 cm³/mol. The van der Waals surface area contributed by atoms with E-state index in [-0.39, 0.29) is 11.7 Å². The first-order valence-corrected chi connectivity index (χ1v) is 6.85. The molecule has 2 aromatic carbocycles. The van der Waals surface area contributed by atoms with Gasteiger partial charge in [0.1, 0.15) is 5.82 Å². The van der Waals surface area contributed by atoms with Crippen LogP contribution >= 0.6 is 11.3 Å². The summed E-state index contributed by atoms with van der Waals surface area (Å²) in [7, 11) is 0. The van der Waals surface area contributed by atoms with E-state index < -0.39 is 0 Å². The Kier molecular flexibility index (Phi) is 3.34. The van der Waals surface area contributed by atoms with E-state index >= 15 is 0 Å². The van der Waals surface area contributed by atoms with Crippen molar-refractivity contribution in [2.75, 3.05) is 5.32 Å². The number of nitrogens with zero attached hydrogens (tertiary/aromatic N) is 2. The van der Waals surface area contributed by atoms with Crippen LogP contribution in [0.5, 0.6) is 0 Å². The van der Waals surface area contributed by atoms with E-state index in [0.29, 0.717) is 26.5 Å². The zero-order valence-corrected chi connectivity index (χ0v) is 11.4. The molecule has 0 aliphatic rings. The van der Waals surface area contributed by atoms with E-state index in [1.807, 2.05) is 6.07 Å². The lowest BCUT2D eigenvalue weighted by Crippen LogP contribution is -2.11. The first-order valence-electron chi connectivity index (χ1n) is 6.03. The second kappa shape index (κ2) is 5.31. The molecule has 102 valence electrons. The van der Waals surface area contributed by atoms with Crippen molar-refractivity contribution in [2.24, 2.45) is 0 Å². The summed E-state index contributed by atoms with van der Waals surface area (Å²) in [6.07, 6.45) is 0. The standard InChI is InChI=1S/C15H8FN3OS/c16-11-5-6-12-13(7-11)21-15(18-12)19-14(20)10-3-1-9(8-17)2-4-10/h1-7H,(H,18,19,20). The first-order chi connectivity index (χ1) is 10.2. The lowest BCUT2D eigenvalue weighted by atomic mass is 10.1. The molecule has 0 bridgehead atoms. The number of carbonyl (C=O) groups is 1. The third-order valence-electron chi connectivity index (χ3n) is 2.85. The number of rotatable bonds is 2. The second-order valence-corrected chi connectivity index (χ2v) is 5.30. The Labute approximate surface area is 123 Å². The molecule has 6 heteroatoms. The average molecular weight is 297 g/mol. The highest BCUT2D eigenvalue weighted by Crippen LogP contribution is 2.26. The minimum Gasteiger partial charge on any atom is -0.298 e. The third-order valence-corrected chi connectivity index (χ3v) is 3.78. The maximum atomic E-state index is 13.1. The molecule has 0 unspecified atom stereocenters. The summed E-state index contributed by atoms with van der Waals surface area (Å²) >= 11 is 1.21. The Morgan fingerprint density at radius 3 is 2.71 bits per heavy atom. The molecule has 0 saturated carbocycles. The second-order valence-electron chi connectivity index (χ2n) is 4.27. The molecule has 0 spiro atoms. The van der Waals surface area contributed by atoms with Gasteiger partial charge < -0.3 is 0 Å². The van der Waals surface area contributed by atoms with Gasteiger partial charge in [0, 0.05) is 5.56 Å². The van der Waals surface area contributed by atoms with E-state index in [0.717, 1.165) is 0 Å². The number of halogens is 1. The summed E-state index contributed by atoms with van der Waals surface area (Å²) in [4.78, 5) is 16.3. The van der Waals surface area contributed by atoms with Crippen LogP contribution in [0.4, 0.5) is 9.52 Å². The molecule has 21 heavy (non-hydrogen) atoms. The molecule has 3 rings (SSSR count). The van der Waals surface area contributed by atoms with Gasteiger partial charge in [-0.1, -0.05) is 11.3 Å². The van der Waals surface area contributed by atoms with Gasteiger partial charge in [0.25, 0.3) is 5.91 Å². The Hall–Kier alpha value is -2.78. The van der Waals surface area contributed by atoms with Crippen LogP contribution in [0.3, 0.4) is 0 Å². The summed E-state index contributed by atoms with van der Waals surface area (Å²) in [5.41, 5.74) is 1.55. The number of nitrogens with one attached hydrogen (secondary N) is 1. The van der Waals surface area contributed by atoms with Crippen molar-refractivity contribution in [3.05, 3.63) is 59.4 Å². The molecule has 3 aromatic rings. The van der Waals surface area contributed by atoms with E-state index in [2.05, 4.69) is 10.3 Å². The number of thiazole rings is 1. The molecule has 0 radical (unpaired) electrons. The number of benzene rings is 2. The summed E-state index contributed by atoms with van der Waals surface area (Å²) in [5.74, 6) is -0.657. The minimum absolute atomic E-state index is 0.320. The normalized spacial score (nSPS) is 10.3. The first kappa shape index (κ1) is 13.2. The minimum atomic E-state index is -0.337. The number of hydrogen-bond acceptors (Lipinski definition) is 4. The fourth-order valence-corrected chi connectivity index (χ4v) is 2.70.